The molecule has 0 aromatic carbocycles. The number of aryl methyl sites for hydroxylation is 1. The van der Waals surface area contributed by atoms with Gasteiger partial charge in [-0.1, -0.05) is 6.07 Å². The standard InChI is InChI=1S/C13H17N3O2S/c1-10-7-11(8-14-3-5-17-2)9-16-12(10)19-13-15-4-6-18-13/h4,6-7,9,14H,3,5,8H2,1-2H3. The van der Waals surface area contributed by atoms with Gasteiger partial charge in [0.15, 0.2) is 0 Å². The number of nitrogens with one attached hydrogen (secondary N) is 1. The average molecular weight is 279 g/mol. The summed E-state index contributed by atoms with van der Waals surface area (Å²) in [6, 6.07) is 2.12. The Morgan fingerprint density at radius 2 is 2.32 bits per heavy atom. The second-order valence-electron chi connectivity index (χ2n) is 4.04. The van der Waals surface area contributed by atoms with E-state index in [1.165, 1.54) is 11.8 Å². The molecule has 6 heteroatoms. The molecule has 0 bridgehead atoms. The van der Waals surface area contributed by atoms with Gasteiger partial charge in [-0.3, -0.25) is 0 Å². The van der Waals surface area contributed by atoms with Crippen LogP contribution < -0.4 is 5.32 Å². The molecule has 2 rings (SSSR count). The van der Waals surface area contributed by atoms with Crippen LogP contribution in [0, 0.1) is 6.92 Å². The predicted octanol–water partition coefficient (Wildman–Crippen LogP) is 2.27. The van der Waals surface area contributed by atoms with Crippen LogP contribution in [-0.2, 0) is 11.3 Å². The number of rotatable bonds is 7. The third-order valence-electron chi connectivity index (χ3n) is 2.49. The highest BCUT2D eigenvalue weighted by atomic mass is 32.2. The van der Waals surface area contributed by atoms with Crippen molar-refractivity contribution >= 4 is 11.8 Å². The van der Waals surface area contributed by atoms with E-state index in [-0.39, 0.29) is 0 Å². The Labute approximate surface area is 116 Å². The van der Waals surface area contributed by atoms with Crippen molar-refractivity contribution in [2.75, 3.05) is 20.3 Å². The first-order valence-electron chi connectivity index (χ1n) is 6.02. The van der Waals surface area contributed by atoms with Crippen molar-refractivity contribution < 1.29 is 9.15 Å². The fourth-order valence-corrected chi connectivity index (χ4v) is 2.28. The van der Waals surface area contributed by atoms with Gasteiger partial charge in [0.1, 0.15) is 11.3 Å². The number of aromatic nitrogens is 2. The lowest BCUT2D eigenvalue weighted by molar-refractivity contribution is 0.199. The summed E-state index contributed by atoms with van der Waals surface area (Å²) in [6.45, 7) is 4.38. The van der Waals surface area contributed by atoms with Crippen LogP contribution in [0.15, 0.2) is 39.4 Å². The highest BCUT2D eigenvalue weighted by molar-refractivity contribution is 7.99. The topological polar surface area (TPSA) is 60.2 Å². The van der Waals surface area contributed by atoms with Crippen LogP contribution in [0.4, 0.5) is 0 Å². The van der Waals surface area contributed by atoms with Crippen LogP contribution >= 0.6 is 11.8 Å². The summed E-state index contributed by atoms with van der Waals surface area (Å²) in [5.41, 5.74) is 2.28. The highest BCUT2D eigenvalue weighted by Gasteiger charge is 2.07. The Morgan fingerprint density at radius 1 is 1.42 bits per heavy atom. The largest absolute Gasteiger partial charge is 0.440 e. The molecule has 0 saturated carbocycles. The molecule has 1 N–H and O–H groups in total. The fraction of sp³-hybridized carbons (Fsp3) is 0.385. The molecule has 0 aliphatic heterocycles. The number of ether oxygens (including phenoxy) is 1. The van der Waals surface area contributed by atoms with Gasteiger partial charge >= 0.3 is 0 Å². The fourth-order valence-electron chi connectivity index (χ4n) is 1.57. The van der Waals surface area contributed by atoms with E-state index in [4.69, 9.17) is 9.15 Å². The number of oxazole rings is 1. The van der Waals surface area contributed by atoms with Crippen LogP contribution in [-0.4, -0.2) is 30.2 Å². The Bertz CT molecular complexity index is 503. The zero-order chi connectivity index (χ0) is 13.5. The van der Waals surface area contributed by atoms with E-state index >= 15 is 0 Å². The summed E-state index contributed by atoms with van der Waals surface area (Å²) < 4.78 is 10.2. The van der Waals surface area contributed by atoms with Gasteiger partial charge < -0.3 is 14.5 Å². The molecule has 0 radical (unpaired) electrons. The second-order valence-corrected chi connectivity index (χ2v) is 4.98. The zero-order valence-corrected chi connectivity index (χ0v) is 11.9. The molecule has 5 nitrogen and oxygen atoms in total. The van der Waals surface area contributed by atoms with Crippen molar-refractivity contribution in [3.8, 4) is 0 Å². The van der Waals surface area contributed by atoms with Crippen LogP contribution in [0.1, 0.15) is 11.1 Å². The Morgan fingerprint density at radius 3 is 3.00 bits per heavy atom. The number of nitrogens with zero attached hydrogens (tertiary/aromatic N) is 2. The summed E-state index contributed by atoms with van der Waals surface area (Å²) in [4.78, 5) is 8.52. The normalized spacial score (nSPS) is 10.8. The Kier molecular flexibility index (Phi) is 5.38. The third kappa shape index (κ3) is 4.34. The molecule has 0 saturated heterocycles. The number of hydrogen-bond donors (Lipinski definition) is 1. The maximum atomic E-state index is 5.20. The lowest BCUT2D eigenvalue weighted by Gasteiger charge is -2.07. The zero-order valence-electron chi connectivity index (χ0n) is 11.0. The van der Waals surface area contributed by atoms with E-state index in [1.54, 1.807) is 19.6 Å². The molecule has 0 spiro atoms. The van der Waals surface area contributed by atoms with Gasteiger partial charge in [-0.2, -0.15) is 0 Å². The first-order valence-corrected chi connectivity index (χ1v) is 6.84. The second kappa shape index (κ2) is 7.28. The molecular weight excluding hydrogens is 262 g/mol. The first kappa shape index (κ1) is 14.0. The lowest BCUT2D eigenvalue weighted by atomic mass is 10.2. The smallest absolute Gasteiger partial charge is 0.261 e. The summed E-state index contributed by atoms with van der Waals surface area (Å²) in [5, 5.41) is 4.82. The van der Waals surface area contributed by atoms with Crippen molar-refractivity contribution in [1.29, 1.82) is 0 Å². The summed E-state index contributed by atoms with van der Waals surface area (Å²) in [5.74, 6) is 0. The molecule has 0 aliphatic rings. The van der Waals surface area contributed by atoms with Gasteiger partial charge in [0.2, 0.25) is 0 Å². The van der Waals surface area contributed by atoms with Crippen molar-refractivity contribution in [2.24, 2.45) is 0 Å². The minimum absolute atomic E-state index is 0.613. The molecule has 2 aromatic heterocycles. The summed E-state index contributed by atoms with van der Waals surface area (Å²) in [6.07, 6.45) is 5.07. The molecule has 0 amide bonds. The molecule has 0 fully saturated rings. The van der Waals surface area contributed by atoms with Crippen LogP contribution in [0.25, 0.3) is 0 Å². The van der Waals surface area contributed by atoms with E-state index in [0.717, 1.165) is 29.2 Å². The average Bonchev–Trinajstić information content (AvgIpc) is 2.91. The van der Waals surface area contributed by atoms with Gasteiger partial charge in [0, 0.05) is 26.4 Å². The summed E-state index contributed by atoms with van der Waals surface area (Å²) in [7, 11) is 1.70. The Hall–Kier alpha value is -1.37. The van der Waals surface area contributed by atoms with E-state index in [0.29, 0.717) is 11.8 Å². The first-order chi connectivity index (χ1) is 9.29. The maximum absolute atomic E-state index is 5.20. The van der Waals surface area contributed by atoms with Crippen molar-refractivity contribution in [1.82, 2.24) is 15.3 Å². The van der Waals surface area contributed by atoms with Gasteiger partial charge in [0.05, 0.1) is 12.8 Å². The van der Waals surface area contributed by atoms with Gasteiger partial charge in [-0.25, -0.2) is 9.97 Å². The Balaban J connectivity index is 1.93. The summed E-state index contributed by atoms with van der Waals surface area (Å²) >= 11 is 1.43. The number of methoxy groups -OCH3 is 1. The van der Waals surface area contributed by atoms with Gasteiger partial charge in [-0.05, 0) is 29.8 Å². The lowest BCUT2D eigenvalue weighted by Crippen LogP contribution is -2.18. The molecule has 102 valence electrons. The van der Waals surface area contributed by atoms with E-state index in [1.807, 2.05) is 13.1 Å². The van der Waals surface area contributed by atoms with E-state index < -0.39 is 0 Å². The predicted molar refractivity (Wildman–Crippen MR) is 73.2 cm³/mol. The highest BCUT2D eigenvalue weighted by Crippen LogP contribution is 2.27. The van der Waals surface area contributed by atoms with Crippen LogP contribution in [0.5, 0.6) is 0 Å². The number of hydrogen-bond acceptors (Lipinski definition) is 6. The molecule has 0 aliphatic carbocycles. The molecule has 0 unspecified atom stereocenters. The maximum Gasteiger partial charge on any atom is 0.261 e. The van der Waals surface area contributed by atoms with Crippen molar-refractivity contribution in [2.45, 2.75) is 23.7 Å². The van der Waals surface area contributed by atoms with Gasteiger partial charge in [0.25, 0.3) is 5.22 Å². The van der Waals surface area contributed by atoms with Crippen molar-refractivity contribution in [3.63, 3.8) is 0 Å². The van der Waals surface area contributed by atoms with Crippen molar-refractivity contribution in [3.05, 3.63) is 35.9 Å². The molecule has 2 heterocycles. The van der Waals surface area contributed by atoms with Gasteiger partial charge in [-0.15, -0.1) is 0 Å². The minimum atomic E-state index is 0.613. The van der Waals surface area contributed by atoms with Crippen LogP contribution in [0.2, 0.25) is 0 Å². The number of pyridine rings is 1. The third-order valence-corrected chi connectivity index (χ3v) is 3.49. The monoisotopic (exact) mass is 279 g/mol. The molecule has 0 atom stereocenters. The van der Waals surface area contributed by atoms with E-state index in [2.05, 4.69) is 21.4 Å². The minimum Gasteiger partial charge on any atom is -0.440 e. The SMILES string of the molecule is COCCNCc1cnc(Sc2ncco2)c(C)c1. The molecule has 19 heavy (non-hydrogen) atoms. The molecule has 2 aromatic rings. The van der Waals surface area contributed by atoms with Crippen LogP contribution in [0.3, 0.4) is 0 Å². The van der Waals surface area contributed by atoms with E-state index in [9.17, 15) is 0 Å². The molecular formula is C13H17N3O2S. The quantitative estimate of drug-likeness (QED) is 0.785.